The van der Waals surface area contributed by atoms with Crippen molar-refractivity contribution in [3.63, 3.8) is 0 Å². The normalized spacial score (nSPS) is 10.6. The number of carbonyl (C=O) groups is 2. The number of aromatic hydroxyl groups is 1. The molecule has 2 aromatic carbocycles. The Morgan fingerprint density at radius 1 is 1.28 bits per heavy atom. The summed E-state index contributed by atoms with van der Waals surface area (Å²) in [5.74, 6) is -1.60. The molecule has 0 aliphatic heterocycles. The number of hydrogen-bond acceptors (Lipinski definition) is 5. The first-order valence-electron chi connectivity index (χ1n) is 8.90. The van der Waals surface area contributed by atoms with Gasteiger partial charge in [0.1, 0.15) is 12.2 Å². The van der Waals surface area contributed by atoms with Gasteiger partial charge in [0.25, 0.3) is 0 Å². The Labute approximate surface area is 167 Å². The van der Waals surface area contributed by atoms with Crippen LogP contribution in [0.15, 0.2) is 54.2 Å². The first-order valence-corrected chi connectivity index (χ1v) is 8.90. The lowest BCUT2D eigenvalue weighted by Crippen LogP contribution is -2.24. The zero-order valence-corrected chi connectivity index (χ0v) is 15.9. The SMILES string of the molecule is C=CCc1cc(/C=N/NC(=O)CC(=O)Nc2ccccc2F)cc(OCC)c1O. The summed E-state index contributed by atoms with van der Waals surface area (Å²) in [7, 11) is 0. The van der Waals surface area contributed by atoms with Crippen LogP contribution >= 0.6 is 0 Å². The molecule has 152 valence electrons. The van der Waals surface area contributed by atoms with E-state index >= 15 is 0 Å². The highest BCUT2D eigenvalue weighted by atomic mass is 19.1. The minimum Gasteiger partial charge on any atom is -0.504 e. The van der Waals surface area contributed by atoms with Gasteiger partial charge in [0, 0.05) is 5.56 Å². The van der Waals surface area contributed by atoms with Crippen LogP contribution in [0.4, 0.5) is 10.1 Å². The first kappa shape index (κ1) is 21.6. The fourth-order valence-electron chi connectivity index (χ4n) is 2.46. The fourth-order valence-corrected chi connectivity index (χ4v) is 2.46. The standard InChI is InChI=1S/C21H22FN3O4/c1-3-7-15-10-14(11-18(21(15)28)29-4-2)13-23-25-20(27)12-19(26)24-17-9-6-5-8-16(17)22/h3,5-6,8-11,13,28H,1,4,7,12H2,2H3,(H,24,26)(H,25,27)/b23-13+. The van der Waals surface area contributed by atoms with Crippen molar-refractivity contribution in [1.29, 1.82) is 0 Å². The van der Waals surface area contributed by atoms with Gasteiger partial charge in [-0.15, -0.1) is 6.58 Å². The van der Waals surface area contributed by atoms with E-state index in [-0.39, 0.29) is 11.4 Å². The zero-order chi connectivity index (χ0) is 21.2. The van der Waals surface area contributed by atoms with Gasteiger partial charge in [-0.1, -0.05) is 18.2 Å². The van der Waals surface area contributed by atoms with Crippen molar-refractivity contribution in [3.8, 4) is 11.5 Å². The highest BCUT2D eigenvalue weighted by Crippen LogP contribution is 2.31. The molecule has 0 saturated heterocycles. The van der Waals surface area contributed by atoms with Crippen molar-refractivity contribution in [3.05, 3.63) is 66.0 Å². The Hall–Kier alpha value is -3.68. The number of benzene rings is 2. The van der Waals surface area contributed by atoms with Gasteiger partial charge in [-0.25, -0.2) is 9.82 Å². The summed E-state index contributed by atoms with van der Waals surface area (Å²) in [4.78, 5) is 23.7. The third kappa shape index (κ3) is 6.46. The van der Waals surface area contributed by atoms with E-state index in [1.807, 2.05) is 0 Å². The molecular weight excluding hydrogens is 377 g/mol. The minimum absolute atomic E-state index is 0.00361. The third-order valence-electron chi connectivity index (χ3n) is 3.71. The Kier molecular flexibility index (Phi) is 7.90. The van der Waals surface area contributed by atoms with Gasteiger partial charge in [0.2, 0.25) is 11.8 Å². The van der Waals surface area contributed by atoms with E-state index in [0.717, 1.165) is 0 Å². The van der Waals surface area contributed by atoms with E-state index in [1.165, 1.54) is 24.4 Å². The predicted molar refractivity (Wildman–Crippen MR) is 109 cm³/mol. The molecule has 0 atom stereocenters. The van der Waals surface area contributed by atoms with Gasteiger partial charge in [0.15, 0.2) is 11.5 Å². The minimum atomic E-state index is -0.667. The molecule has 0 heterocycles. The molecule has 0 bridgehead atoms. The van der Waals surface area contributed by atoms with Crippen molar-refractivity contribution in [2.75, 3.05) is 11.9 Å². The van der Waals surface area contributed by atoms with Crippen LogP contribution < -0.4 is 15.5 Å². The summed E-state index contributed by atoms with van der Waals surface area (Å²) >= 11 is 0. The molecule has 3 N–H and O–H groups in total. The number of halogens is 1. The lowest BCUT2D eigenvalue weighted by atomic mass is 10.1. The number of amides is 2. The maximum Gasteiger partial charge on any atom is 0.249 e. The van der Waals surface area contributed by atoms with Crippen molar-refractivity contribution in [2.24, 2.45) is 5.10 Å². The number of ether oxygens (including phenoxy) is 1. The number of para-hydroxylation sites is 1. The number of nitrogens with one attached hydrogen (secondary N) is 2. The summed E-state index contributed by atoms with van der Waals surface area (Å²) in [5.41, 5.74) is 3.41. The van der Waals surface area contributed by atoms with E-state index in [1.54, 1.807) is 31.2 Å². The summed E-state index contributed by atoms with van der Waals surface area (Å²) in [6.45, 7) is 5.81. The molecular formula is C21H22FN3O4. The fraction of sp³-hybridized carbons (Fsp3) is 0.190. The van der Waals surface area contributed by atoms with Crippen molar-refractivity contribution >= 4 is 23.7 Å². The van der Waals surface area contributed by atoms with Gasteiger partial charge >= 0.3 is 0 Å². The third-order valence-corrected chi connectivity index (χ3v) is 3.71. The first-order chi connectivity index (χ1) is 13.9. The quantitative estimate of drug-likeness (QED) is 0.261. The molecule has 2 rings (SSSR count). The largest absolute Gasteiger partial charge is 0.504 e. The number of carbonyl (C=O) groups excluding carboxylic acids is 2. The van der Waals surface area contributed by atoms with Crippen LogP contribution in [0.5, 0.6) is 11.5 Å². The Bertz CT molecular complexity index is 928. The van der Waals surface area contributed by atoms with Crippen LogP contribution in [0, 0.1) is 5.82 Å². The molecule has 0 spiro atoms. The summed E-state index contributed by atoms with van der Waals surface area (Å²) in [6, 6.07) is 8.91. The Balaban J connectivity index is 1.97. The number of nitrogens with zero attached hydrogens (tertiary/aromatic N) is 1. The summed E-state index contributed by atoms with van der Waals surface area (Å²) in [5, 5.41) is 16.3. The number of allylic oxidation sites excluding steroid dienone is 1. The number of phenolic OH excluding ortho intramolecular Hbond substituents is 1. The maximum atomic E-state index is 13.5. The highest BCUT2D eigenvalue weighted by Gasteiger charge is 2.12. The average Bonchev–Trinajstić information content (AvgIpc) is 2.67. The van der Waals surface area contributed by atoms with Crippen LogP contribution in [-0.4, -0.2) is 29.7 Å². The van der Waals surface area contributed by atoms with Crippen LogP contribution in [0.2, 0.25) is 0 Å². The highest BCUT2D eigenvalue weighted by molar-refractivity contribution is 6.03. The second-order valence-electron chi connectivity index (χ2n) is 5.95. The smallest absolute Gasteiger partial charge is 0.249 e. The zero-order valence-electron chi connectivity index (χ0n) is 15.9. The van der Waals surface area contributed by atoms with E-state index in [4.69, 9.17) is 4.74 Å². The monoisotopic (exact) mass is 399 g/mol. The number of hydrogen-bond donors (Lipinski definition) is 3. The van der Waals surface area contributed by atoms with Crippen molar-refractivity contribution in [2.45, 2.75) is 19.8 Å². The molecule has 0 aliphatic carbocycles. The molecule has 0 saturated carbocycles. The van der Waals surface area contributed by atoms with Crippen LogP contribution in [-0.2, 0) is 16.0 Å². The number of anilines is 1. The second kappa shape index (κ2) is 10.6. The molecule has 2 amide bonds. The molecule has 0 aromatic heterocycles. The summed E-state index contributed by atoms with van der Waals surface area (Å²) < 4.78 is 18.9. The van der Waals surface area contributed by atoms with E-state index in [0.29, 0.717) is 29.9 Å². The summed E-state index contributed by atoms with van der Waals surface area (Å²) in [6.07, 6.45) is 2.91. The predicted octanol–water partition coefficient (Wildman–Crippen LogP) is 3.14. The molecule has 2 aromatic rings. The van der Waals surface area contributed by atoms with Crippen LogP contribution in [0.1, 0.15) is 24.5 Å². The Morgan fingerprint density at radius 2 is 2.03 bits per heavy atom. The number of hydrazone groups is 1. The topological polar surface area (TPSA) is 100 Å². The maximum absolute atomic E-state index is 13.5. The molecule has 0 fully saturated rings. The average molecular weight is 399 g/mol. The van der Waals surface area contributed by atoms with Gasteiger partial charge in [-0.2, -0.15) is 5.10 Å². The number of phenols is 1. The van der Waals surface area contributed by atoms with E-state index < -0.39 is 24.1 Å². The van der Waals surface area contributed by atoms with E-state index in [9.17, 15) is 19.1 Å². The second-order valence-corrected chi connectivity index (χ2v) is 5.95. The van der Waals surface area contributed by atoms with Crippen molar-refractivity contribution < 1.29 is 23.8 Å². The van der Waals surface area contributed by atoms with Crippen molar-refractivity contribution in [1.82, 2.24) is 5.43 Å². The molecule has 0 radical (unpaired) electrons. The Morgan fingerprint density at radius 3 is 2.72 bits per heavy atom. The lowest BCUT2D eigenvalue weighted by molar-refractivity contribution is -0.126. The van der Waals surface area contributed by atoms with Gasteiger partial charge in [-0.05, 0) is 43.2 Å². The van der Waals surface area contributed by atoms with Gasteiger partial charge in [-0.3, -0.25) is 9.59 Å². The molecule has 7 nitrogen and oxygen atoms in total. The van der Waals surface area contributed by atoms with Gasteiger partial charge < -0.3 is 15.2 Å². The van der Waals surface area contributed by atoms with Crippen LogP contribution in [0.3, 0.4) is 0 Å². The number of rotatable bonds is 9. The van der Waals surface area contributed by atoms with E-state index in [2.05, 4.69) is 22.4 Å². The van der Waals surface area contributed by atoms with Gasteiger partial charge in [0.05, 0.1) is 18.5 Å². The lowest BCUT2D eigenvalue weighted by Gasteiger charge is -2.10. The molecule has 0 unspecified atom stereocenters. The molecule has 29 heavy (non-hydrogen) atoms. The van der Waals surface area contributed by atoms with Crippen LogP contribution in [0.25, 0.3) is 0 Å². The molecule has 8 heteroatoms. The molecule has 0 aliphatic rings.